The Kier molecular flexibility index (Phi) is 10.4. The van der Waals surface area contributed by atoms with E-state index in [4.69, 9.17) is 0 Å². The van der Waals surface area contributed by atoms with E-state index >= 15 is 0 Å². The van der Waals surface area contributed by atoms with Gasteiger partial charge in [-0.15, -0.1) is 20.5 Å². The van der Waals surface area contributed by atoms with Crippen molar-refractivity contribution in [3.63, 3.8) is 0 Å². The number of nitrogens with zero attached hydrogens (tertiary/aromatic N) is 14. The van der Waals surface area contributed by atoms with Crippen molar-refractivity contribution in [2.24, 2.45) is 20.5 Å². The monoisotopic (exact) mass is 842 g/mol. The highest BCUT2D eigenvalue weighted by Crippen LogP contribution is 2.40. The third-order valence-electron chi connectivity index (χ3n) is 9.57. The van der Waals surface area contributed by atoms with E-state index in [1.165, 1.54) is 46.5 Å². The van der Waals surface area contributed by atoms with E-state index in [0.29, 0.717) is 32.9 Å². The average Bonchev–Trinajstić information content (AvgIpc) is 3.95. The van der Waals surface area contributed by atoms with E-state index in [9.17, 15) is 30.3 Å². The number of carbonyl (C=O) groups is 2. The molecule has 4 aromatic heterocycles. The van der Waals surface area contributed by atoms with Gasteiger partial charge in [-0.25, -0.2) is 19.9 Å². The molecule has 0 spiro atoms. The first-order valence-electron chi connectivity index (χ1n) is 18.9. The minimum Gasteiger partial charge on any atom is -0.505 e. The molecule has 5 aromatic carbocycles. The largest absolute Gasteiger partial charge is 0.505 e. The second kappa shape index (κ2) is 16.9. The molecule has 0 bridgehead atoms. The lowest BCUT2D eigenvalue weighted by Crippen LogP contribution is -2.14. The molecule has 4 heterocycles. The van der Waals surface area contributed by atoms with Gasteiger partial charge in [0.25, 0.3) is 23.7 Å². The molecular formula is C44H26N16O4. The van der Waals surface area contributed by atoms with Crippen LogP contribution in [0, 0.1) is 22.7 Å². The Balaban J connectivity index is 0.970. The predicted octanol–water partition coefficient (Wildman–Crippen LogP) is 8.43. The lowest BCUT2D eigenvalue weighted by Gasteiger charge is -2.13. The number of azo groups is 2. The highest BCUT2D eigenvalue weighted by Gasteiger charge is 2.23. The molecule has 4 N–H and O–H groups in total. The molecule has 0 aliphatic heterocycles. The minimum atomic E-state index is -0.674. The van der Waals surface area contributed by atoms with E-state index < -0.39 is 23.3 Å². The van der Waals surface area contributed by atoms with Crippen LogP contribution in [0.25, 0.3) is 33.4 Å². The molecule has 20 nitrogen and oxygen atoms in total. The van der Waals surface area contributed by atoms with Crippen LogP contribution in [0.15, 0.2) is 155 Å². The number of phenols is 2. The first-order valence-corrected chi connectivity index (χ1v) is 18.9. The molecular weight excluding hydrogens is 817 g/mol. The molecule has 0 aliphatic carbocycles. The van der Waals surface area contributed by atoms with Crippen molar-refractivity contribution < 1.29 is 19.8 Å². The standard InChI is InChI=1S/C44H26N16O4/c45-21-27-23-51-59(43-47-15-5-16-48-43)39(27)57-55-33-19-25-7-1-3-9-31(25)35(37(33)61)41(63)53-29-11-13-30(14-12-29)54-42(64)36-32-10-4-2-8-26(32)20-34(38(36)62)56-58-40-28(22-46)24-52-60(40)44-49-17-6-18-50-44/h1-20,23-24,61-62H,(H,53,63)(H,54,64)/b57-55+,58-56+. The molecule has 306 valence electrons. The first-order chi connectivity index (χ1) is 31.3. The summed E-state index contributed by atoms with van der Waals surface area (Å²) in [4.78, 5) is 44.4. The zero-order valence-electron chi connectivity index (χ0n) is 32.7. The van der Waals surface area contributed by atoms with Gasteiger partial charge in [0, 0.05) is 36.2 Å². The Morgan fingerprint density at radius 1 is 0.547 bits per heavy atom. The molecule has 0 fully saturated rings. The Morgan fingerprint density at radius 2 is 0.938 bits per heavy atom. The van der Waals surface area contributed by atoms with Crippen molar-refractivity contribution in [3.05, 3.63) is 156 Å². The molecule has 0 radical (unpaired) electrons. The fraction of sp³-hybridized carbons (Fsp3) is 0. The van der Waals surface area contributed by atoms with E-state index in [2.05, 4.69) is 61.2 Å². The first kappa shape index (κ1) is 39.4. The third-order valence-corrected chi connectivity index (χ3v) is 9.57. The van der Waals surface area contributed by atoms with Crippen molar-refractivity contribution in [2.45, 2.75) is 0 Å². The fourth-order valence-electron chi connectivity index (χ4n) is 6.61. The number of phenolic OH excluding ortho intramolecular Hbond substituents is 2. The second-order valence-electron chi connectivity index (χ2n) is 13.5. The number of benzene rings is 5. The summed E-state index contributed by atoms with van der Waals surface area (Å²) in [5, 5.41) is 75.1. The summed E-state index contributed by atoms with van der Waals surface area (Å²) in [6.07, 6.45) is 8.57. The van der Waals surface area contributed by atoms with Crippen LogP contribution in [0.2, 0.25) is 0 Å². The average molecular weight is 843 g/mol. The van der Waals surface area contributed by atoms with Crippen LogP contribution in [0.5, 0.6) is 11.5 Å². The number of hydrogen-bond acceptors (Lipinski definition) is 16. The Labute approximate surface area is 359 Å². The van der Waals surface area contributed by atoms with Crippen LogP contribution < -0.4 is 10.6 Å². The molecule has 9 aromatic rings. The van der Waals surface area contributed by atoms with E-state index in [-0.39, 0.29) is 57.2 Å². The molecule has 0 aliphatic rings. The summed E-state index contributed by atoms with van der Waals surface area (Å²) in [6.45, 7) is 0. The molecule has 9 rings (SSSR count). The summed E-state index contributed by atoms with van der Waals surface area (Å²) >= 11 is 0. The second-order valence-corrected chi connectivity index (χ2v) is 13.5. The quantitative estimate of drug-likeness (QED) is 0.0944. The molecule has 0 atom stereocenters. The summed E-state index contributed by atoms with van der Waals surface area (Å²) in [7, 11) is 0. The Hall–Kier alpha value is -10.1. The van der Waals surface area contributed by atoms with Crippen molar-refractivity contribution >= 4 is 67.7 Å². The Bertz CT molecular complexity index is 3200. The number of aromatic hydroxyl groups is 2. The maximum absolute atomic E-state index is 13.9. The fourth-order valence-corrected chi connectivity index (χ4v) is 6.61. The van der Waals surface area contributed by atoms with Crippen molar-refractivity contribution in [3.8, 4) is 35.5 Å². The smallest absolute Gasteiger partial charge is 0.260 e. The summed E-state index contributed by atoms with van der Waals surface area (Å²) in [5.41, 5.74) is 0.477. The molecule has 2 amide bonds. The number of hydrogen-bond donors (Lipinski definition) is 4. The maximum Gasteiger partial charge on any atom is 0.260 e. The van der Waals surface area contributed by atoms with Crippen LogP contribution in [0.3, 0.4) is 0 Å². The van der Waals surface area contributed by atoms with E-state index in [1.807, 2.05) is 12.1 Å². The van der Waals surface area contributed by atoms with Gasteiger partial charge in [0.15, 0.2) is 23.1 Å². The zero-order chi connectivity index (χ0) is 44.2. The van der Waals surface area contributed by atoms with Gasteiger partial charge in [0.1, 0.15) is 34.6 Å². The van der Waals surface area contributed by atoms with Crippen LogP contribution in [-0.4, -0.2) is 61.5 Å². The maximum atomic E-state index is 13.9. The van der Waals surface area contributed by atoms with Crippen LogP contribution >= 0.6 is 0 Å². The van der Waals surface area contributed by atoms with Gasteiger partial charge in [-0.2, -0.15) is 30.1 Å². The van der Waals surface area contributed by atoms with Gasteiger partial charge >= 0.3 is 0 Å². The normalized spacial score (nSPS) is 11.2. The van der Waals surface area contributed by atoms with Crippen molar-refractivity contribution in [1.82, 2.24) is 39.5 Å². The van der Waals surface area contributed by atoms with Gasteiger partial charge in [-0.05, 0) is 70.1 Å². The topological polar surface area (TPSA) is 283 Å². The predicted molar refractivity (Wildman–Crippen MR) is 230 cm³/mol. The summed E-state index contributed by atoms with van der Waals surface area (Å²) in [5.74, 6) is -1.99. The molecule has 0 unspecified atom stereocenters. The lowest BCUT2D eigenvalue weighted by molar-refractivity contribution is 0.101. The number of aromatic nitrogens is 8. The molecule has 0 saturated heterocycles. The van der Waals surface area contributed by atoms with Gasteiger partial charge in [0.2, 0.25) is 0 Å². The summed E-state index contributed by atoms with van der Waals surface area (Å²) < 4.78 is 2.45. The highest BCUT2D eigenvalue weighted by atomic mass is 16.3. The molecule has 20 heteroatoms. The number of fused-ring (bicyclic) bond motifs is 2. The van der Waals surface area contributed by atoms with Crippen LogP contribution in [-0.2, 0) is 0 Å². The van der Waals surface area contributed by atoms with Gasteiger partial charge < -0.3 is 20.8 Å². The summed E-state index contributed by atoms with van der Waals surface area (Å²) in [6, 6.07) is 30.3. The number of nitriles is 2. The number of rotatable bonds is 10. The molecule has 0 saturated carbocycles. The Morgan fingerprint density at radius 3 is 1.33 bits per heavy atom. The van der Waals surface area contributed by atoms with E-state index in [1.54, 1.807) is 97.1 Å². The van der Waals surface area contributed by atoms with Gasteiger partial charge in [-0.1, -0.05) is 48.5 Å². The zero-order valence-corrected chi connectivity index (χ0v) is 32.7. The SMILES string of the molecule is N#Cc1cnn(-c2ncccn2)c1/N=N/c1cc2ccccc2c(C(=O)Nc2ccc(NC(=O)c3c(O)c(/N=N/c4c(C#N)cnn4-c4ncccn4)cc4ccccc34)cc2)c1O. The number of nitrogens with one attached hydrogen (secondary N) is 2. The van der Waals surface area contributed by atoms with Crippen molar-refractivity contribution in [1.29, 1.82) is 10.5 Å². The van der Waals surface area contributed by atoms with Crippen LogP contribution in [0.4, 0.5) is 34.4 Å². The van der Waals surface area contributed by atoms with Gasteiger partial charge in [0.05, 0.1) is 23.5 Å². The minimum absolute atomic E-state index is 0.00963. The molecule has 64 heavy (non-hydrogen) atoms. The number of amides is 2. The van der Waals surface area contributed by atoms with Gasteiger partial charge in [-0.3, -0.25) is 9.59 Å². The van der Waals surface area contributed by atoms with Crippen LogP contribution in [0.1, 0.15) is 31.8 Å². The van der Waals surface area contributed by atoms with Crippen molar-refractivity contribution in [2.75, 3.05) is 10.6 Å². The highest BCUT2D eigenvalue weighted by molar-refractivity contribution is 6.17. The lowest BCUT2D eigenvalue weighted by atomic mass is 10.0. The number of carbonyl (C=O) groups excluding carboxylic acids is 2. The number of anilines is 2. The third kappa shape index (κ3) is 7.51. The van der Waals surface area contributed by atoms with E-state index in [0.717, 1.165) is 0 Å².